The van der Waals surface area contributed by atoms with Gasteiger partial charge in [-0.2, -0.15) is 0 Å². The lowest BCUT2D eigenvalue weighted by Crippen LogP contribution is -2.14. The molecule has 1 amide bonds. The molecule has 1 N–H and O–H groups in total. The number of hydrogen-bond donors (Lipinski definition) is 1. The third-order valence-corrected chi connectivity index (χ3v) is 4.18. The fourth-order valence-corrected chi connectivity index (χ4v) is 3.07. The normalized spacial score (nSPS) is 10.2. The molecule has 0 spiro atoms. The van der Waals surface area contributed by atoms with E-state index in [0.29, 0.717) is 27.2 Å². The molecular formula is C17H17IN2O5. The molecule has 0 unspecified atom stereocenters. The van der Waals surface area contributed by atoms with Gasteiger partial charge in [0.05, 0.1) is 22.2 Å². The van der Waals surface area contributed by atoms with Crippen LogP contribution in [0, 0.1) is 20.6 Å². The average Bonchev–Trinajstić information content (AvgIpc) is 2.56. The van der Waals surface area contributed by atoms with Crippen LogP contribution in [0.25, 0.3) is 0 Å². The van der Waals surface area contributed by atoms with Crippen molar-refractivity contribution in [1.82, 2.24) is 0 Å². The van der Waals surface area contributed by atoms with Gasteiger partial charge in [-0.15, -0.1) is 0 Å². The van der Waals surface area contributed by atoms with Crippen molar-refractivity contribution < 1.29 is 19.2 Å². The predicted molar refractivity (Wildman–Crippen MR) is 103 cm³/mol. The number of halogens is 1. The molecule has 0 bridgehead atoms. The molecule has 2 aromatic rings. The summed E-state index contributed by atoms with van der Waals surface area (Å²) >= 11 is 2.04. The summed E-state index contributed by atoms with van der Waals surface area (Å²) in [5, 5.41) is 13.8. The number of carbonyl (C=O) groups excluding carboxylic acids is 1. The Labute approximate surface area is 158 Å². The Morgan fingerprint density at radius 3 is 2.64 bits per heavy atom. The molecule has 0 atom stereocenters. The zero-order valence-corrected chi connectivity index (χ0v) is 16.1. The Morgan fingerprint density at radius 1 is 1.32 bits per heavy atom. The fraction of sp³-hybridized carbons (Fsp3) is 0.235. The van der Waals surface area contributed by atoms with Gasteiger partial charge in [0, 0.05) is 11.6 Å². The third kappa shape index (κ3) is 4.38. The van der Waals surface area contributed by atoms with Crippen molar-refractivity contribution in [1.29, 1.82) is 0 Å². The maximum atomic E-state index is 12.5. The molecule has 0 fully saturated rings. The molecule has 2 rings (SSSR count). The van der Waals surface area contributed by atoms with Gasteiger partial charge in [0.1, 0.15) is 5.69 Å². The van der Waals surface area contributed by atoms with Crippen molar-refractivity contribution in [2.75, 3.05) is 19.0 Å². The van der Waals surface area contributed by atoms with Gasteiger partial charge in [0.2, 0.25) is 0 Å². The Kier molecular flexibility index (Phi) is 6.18. The van der Waals surface area contributed by atoms with E-state index in [0.717, 1.165) is 5.56 Å². The minimum atomic E-state index is -0.522. The van der Waals surface area contributed by atoms with Gasteiger partial charge < -0.3 is 14.8 Å². The molecule has 0 saturated heterocycles. The van der Waals surface area contributed by atoms with Crippen molar-refractivity contribution in [3.8, 4) is 11.5 Å². The number of carbonyl (C=O) groups is 1. The van der Waals surface area contributed by atoms with E-state index < -0.39 is 10.8 Å². The molecule has 0 aliphatic carbocycles. The molecule has 25 heavy (non-hydrogen) atoms. The fourth-order valence-electron chi connectivity index (χ4n) is 2.25. The van der Waals surface area contributed by atoms with Gasteiger partial charge in [0.25, 0.3) is 11.6 Å². The first-order valence-corrected chi connectivity index (χ1v) is 8.52. The van der Waals surface area contributed by atoms with E-state index >= 15 is 0 Å². The molecule has 0 aliphatic heterocycles. The second kappa shape index (κ2) is 8.15. The molecule has 2 aromatic carbocycles. The van der Waals surface area contributed by atoms with E-state index in [9.17, 15) is 14.9 Å². The molecule has 0 saturated carbocycles. The first-order chi connectivity index (χ1) is 11.9. The van der Waals surface area contributed by atoms with Gasteiger partial charge in [-0.3, -0.25) is 14.9 Å². The smallest absolute Gasteiger partial charge is 0.293 e. The minimum Gasteiger partial charge on any atom is -0.492 e. The van der Waals surface area contributed by atoms with Crippen LogP contribution in [0.15, 0.2) is 30.3 Å². The molecule has 0 aliphatic rings. The van der Waals surface area contributed by atoms with Gasteiger partial charge in [-0.05, 0) is 60.2 Å². The Hall–Kier alpha value is -2.36. The molecule has 7 nitrogen and oxygen atoms in total. The quantitative estimate of drug-likeness (QED) is 0.401. The van der Waals surface area contributed by atoms with Crippen molar-refractivity contribution in [2.45, 2.75) is 13.8 Å². The van der Waals surface area contributed by atoms with E-state index in [4.69, 9.17) is 9.47 Å². The van der Waals surface area contributed by atoms with E-state index in [1.54, 1.807) is 25.1 Å². The van der Waals surface area contributed by atoms with Gasteiger partial charge in [-0.25, -0.2) is 0 Å². The van der Waals surface area contributed by atoms with Gasteiger partial charge in [0.15, 0.2) is 11.5 Å². The number of nitro benzene ring substituents is 1. The molecule has 0 aromatic heterocycles. The number of methoxy groups -OCH3 is 1. The highest BCUT2D eigenvalue weighted by Crippen LogP contribution is 2.34. The zero-order chi connectivity index (χ0) is 18.6. The van der Waals surface area contributed by atoms with Gasteiger partial charge >= 0.3 is 0 Å². The molecular weight excluding hydrogens is 439 g/mol. The molecule has 8 heteroatoms. The van der Waals surface area contributed by atoms with E-state index in [1.807, 2.05) is 29.5 Å². The number of anilines is 1. The number of benzene rings is 2. The largest absolute Gasteiger partial charge is 0.492 e. The summed E-state index contributed by atoms with van der Waals surface area (Å²) in [6, 6.07) is 7.82. The average molecular weight is 456 g/mol. The number of hydrogen-bond acceptors (Lipinski definition) is 5. The maximum absolute atomic E-state index is 12.5. The van der Waals surface area contributed by atoms with E-state index in [2.05, 4.69) is 5.32 Å². The van der Waals surface area contributed by atoms with Crippen LogP contribution >= 0.6 is 22.6 Å². The molecule has 0 heterocycles. The molecule has 132 valence electrons. The topological polar surface area (TPSA) is 90.7 Å². The third-order valence-electron chi connectivity index (χ3n) is 3.37. The lowest BCUT2D eigenvalue weighted by atomic mass is 10.1. The minimum absolute atomic E-state index is 0.143. The summed E-state index contributed by atoms with van der Waals surface area (Å²) in [5.74, 6) is 0.522. The highest BCUT2D eigenvalue weighted by atomic mass is 127. The first-order valence-electron chi connectivity index (χ1n) is 7.44. The summed E-state index contributed by atoms with van der Waals surface area (Å²) < 4.78 is 11.5. The van der Waals surface area contributed by atoms with Crippen molar-refractivity contribution in [3.05, 3.63) is 55.1 Å². The van der Waals surface area contributed by atoms with Crippen LogP contribution < -0.4 is 14.8 Å². The summed E-state index contributed by atoms with van der Waals surface area (Å²) in [7, 11) is 1.52. The Balaban J connectivity index is 2.38. The zero-order valence-electron chi connectivity index (χ0n) is 14.0. The lowest BCUT2D eigenvalue weighted by molar-refractivity contribution is -0.384. The van der Waals surface area contributed by atoms with E-state index in [1.165, 1.54) is 19.2 Å². The summed E-state index contributed by atoms with van der Waals surface area (Å²) in [6.07, 6.45) is 0. The van der Waals surface area contributed by atoms with Crippen LogP contribution in [-0.4, -0.2) is 24.5 Å². The maximum Gasteiger partial charge on any atom is 0.293 e. The predicted octanol–water partition coefficient (Wildman–Crippen LogP) is 4.17. The number of amides is 1. The van der Waals surface area contributed by atoms with Crippen LogP contribution in [0.2, 0.25) is 0 Å². The van der Waals surface area contributed by atoms with E-state index in [-0.39, 0.29) is 11.4 Å². The second-order valence-corrected chi connectivity index (χ2v) is 6.32. The number of nitrogens with zero attached hydrogens (tertiary/aromatic N) is 1. The Morgan fingerprint density at radius 2 is 2.04 bits per heavy atom. The van der Waals surface area contributed by atoms with Crippen LogP contribution in [0.3, 0.4) is 0 Å². The van der Waals surface area contributed by atoms with Crippen molar-refractivity contribution in [3.63, 3.8) is 0 Å². The summed E-state index contributed by atoms with van der Waals surface area (Å²) in [6.45, 7) is 3.99. The van der Waals surface area contributed by atoms with Crippen LogP contribution in [0.1, 0.15) is 22.8 Å². The second-order valence-electron chi connectivity index (χ2n) is 5.15. The van der Waals surface area contributed by atoms with Gasteiger partial charge in [-0.1, -0.05) is 6.07 Å². The van der Waals surface area contributed by atoms with Crippen LogP contribution in [0.4, 0.5) is 11.4 Å². The number of rotatable bonds is 6. The van der Waals surface area contributed by atoms with Crippen molar-refractivity contribution >= 4 is 39.9 Å². The monoisotopic (exact) mass is 456 g/mol. The number of nitro groups is 1. The number of nitrogens with one attached hydrogen (secondary N) is 1. The summed E-state index contributed by atoms with van der Waals surface area (Å²) in [4.78, 5) is 23.2. The highest BCUT2D eigenvalue weighted by molar-refractivity contribution is 14.1. The number of ether oxygens (including phenoxy) is 2. The van der Waals surface area contributed by atoms with Crippen molar-refractivity contribution in [2.24, 2.45) is 0 Å². The Bertz CT molecular complexity index is 823. The van der Waals surface area contributed by atoms with Crippen LogP contribution in [0.5, 0.6) is 11.5 Å². The molecule has 0 radical (unpaired) electrons. The first kappa shape index (κ1) is 19.0. The summed E-state index contributed by atoms with van der Waals surface area (Å²) in [5.41, 5.74) is 1.05. The highest BCUT2D eigenvalue weighted by Gasteiger charge is 2.19. The lowest BCUT2D eigenvalue weighted by Gasteiger charge is -2.13. The van der Waals surface area contributed by atoms with Crippen LogP contribution in [-0.2, 0) is 0 Å². The number of aryl methyl sites for hydroxylation is 1. The standard InChI is InChI=1S/C17H17IN2O5/c1-4-25-15-9-11(8-12(18)16(15)24-3)17(21)19-13-6-5-10(2)7-14(13)20(22)23/h5-9H,4H2,1-3H3,(H,19,21). The SMILES string of the molecule is CCOc1cc(C(=O)Nc2ccc(C)cc2[N+](=O)[O-])cc(I)c1OC.